The zero-order chi connectivity index (χ0) is 38.0. The molecule has 0 saturated heterocycles. The van der Waals surface area contributed by atoms with Crippen LogP contribution in [0.2, 0.25) is 0 Å². The third kappa shape index (κ3) is 36.1. The molecule has 0 aromatic heterocycles. The van der Waals surface area contributed by atoms with Crippen molar-refractivity contribution in [1.29, 1.82) is 0 Å². The predicted octanol–water partition coefficient (Wildman–Crippen LogP) is 9.37. The van der Waals surface area contributed by atoms with Crippen LogP contribution in [0.3, 0.4) is 0 Å². The average molecular weight is 743 g/mol. The van der Waals surface area contributed by atoms with Gasteiger partial charge in [0.05, 0.1) is 18.8 Å². The van der Waals surface area contributed by atoms with E-state index in [0.717, 1.165) is 31.6 Å². The molecule has 296 valence electrons. The van der Waals surface area contributed by atoms with E-state index in [9.17, 15) is 24.4 Å². The fourth-order valence-corrected chi connectivity index (χ4v) is 5.55. The van der Waals surface area contributed by atoms with Gasteiger partial charge in [-0.15, -0.1) is 0 Å². The van der Waals surface area contributed by atoms with Crippen molar-refractivity contribution in [2.75, 3.05) is 13.2 Å². The van der Waals surface area contributed by atoms with E-state index in [0.29, 0.717) is 25.7 Å². The molecule has 11 heteroatoms. The Labute approximate surface area is 309 Å². The van der Waals surface area contributed by atoms with Crippen molar-refractivity contribution < 1.29 is 48.2 Å². The van der Waals surface area contributed by atoms with Gasteiger partial charge in [0.25, 0.3) is 0 Å². The first kappa shape index (κ1) is 48.9. The molecule has 0 aromatic rings. The van der Waals surface area contributed by atoms with Crippen molar-refractivity contribution in [3.05, 3.63) is 48.6 Å². The summed E-state index contributed by atoms with van der Waals surface area (Å²) < 4.78 is 26.2. The molecule has 4 atom stereocenters. The quantitative estimate of drug-likeness (QED) is 0.0164. The summed E-state index contributed by atoms with van der Waals surface area (Å²) in [6, 6.07) is 0. The number of hydrogen-bond donors (Lipinski definition) is 4. The Bertz CT molecular complexity index is 1020. The Morgan fingerprint density at radius 1 is 0.667 bits per heavy atom. The molecule has 0 aliphatic rings. The number of phosphoric ester groups is 1. The monoisotopic (exact) mass is 742 g/mol. The van der Waals surface area contributed by atoms with Crippen LogP contribution in [0.1, 0.15) is 156 Å². The van der Waals surface area contributed by atoms with Gasteiger partial charge in [-0.3, -0.25) is 14.1 Å². The number of hydrogen-bond acceptors (Lipinski definition) is 8. The van der Waals surface area contributed by atoms with Crippen LogP contribution < -0.4 is 0 Å². The van der Waals surface area contributed by atoms with Gasteiger partial charge >= 0.3 is 19.8 Å². The molecule has 0 fully saturated rings. The normalized spacial score (nSPS) is 14.9. The van der Waals surface area contributed by atoms with Crippen LogP contribution in [0.4, 0.5) is 0 Å². The van der Waals surface area contributed by atoms with Crippen LogP contribution in [-0.2, 0) is 28.2 Å². The summed E-state index contributed by atoms with van der Waals surface area (Å²) >= 11 is 0. The number of aliphatic hydroxyl groups is 2. The summed E-state index contributed by atoms with van der Waals surface area (Å²) in [5, 5.41) is 20.1. The Hall–Kier alpha value is -2.07. The van der Waals surface area contributed by atoms with E-state index in [1.165, 1.54) is 70.6 Å². The second-order valence-electron chi connectivity index (χ2n) is 13.6. The summed E-state index contributed by atoms with van der Waals surface area (Å²) in [6.07, 6.45) is 31.8. The van der Waals surface area contributed by atoms with Crippen molar-refractivity contribution in [3.8, 4) is 0 Å². The summed E-state index contributed by atoms with van der Waals surface area (Å²) in [6.45, 7) is 5.73. The van der Waals surface area contributed by atoms with Gasteiger partial charge in [0.1, 0.15) is 6.61 Å². The number of rotatable bonds is 34. The van der Waals surface area contributed by atoms with Crippen LogP contribution in [0.15, 0.2) is 48.6 Å². The van der Waals surface area contributed by atoms with Crippen LogP contribution in [0.5, 0.6) is 0 Å². The second kappa shape index (κ2) is 33.7. The number of carbonyl (C=O) groups is 2. The van der Waals surface area contributed by atoms with Crippen molar-refractivity contribution >= 4 is 19.8 Å². The molecular formula is C40H71O10P. The molecule has 0 bridgehead atoms. The maximum absolute atomic E-state index is 12.4. The van der Waals surface area contributed by atoms with E-state index >= 15 is 0 Å². The molecule has 0 aliphatic heterocycles. The van der Waals surface area contributed by atoms with Gasteiger partial charge in [0.15, 0.2) is 6.10 Å². The van der Waals surface area contributed by atoms with Gasteiger partial charge in [0.2, 0.25) is 0 Å². The van der Waals surface area contributed by atoms with E-state index in [2.05, 4.69) is 31.4 Å². The van der Waals surface area contributed by atoms with E-state index in [-0.39, 0.29) is 12.8 Å². The highest BCUT2D eigenvalue weighted by Crippen LogP contribution is 2.36. The van der Waals surface area contributed by atoms with Crippen LogP contribution >= 0.6 is 7.82 Å². The molecule has 0 radical (unpaired) electrons. The topological polar surface area (TPSA) is 160 Å². The van der Waals surface area contributed by atoms with Crippen molar-refractivity contribution in [3.63, 3.8) is 0 Å². The first-order valence-electron chi connectivity index (χ1n) is 19.5. The van der Waals surface area contributed by atoms with Crippen molar-refractivity contribution in [2.24, 2.45) is 5.92 Å². The first-order chi connectivity index (χ1) is 24.5. The number of esters is 2. The van der Waals surface area contributed by atoms with Crippen molar-refractivity contribution in [2.45, 2.75) is 174 Å². The lowest BCUT2D eigenvalue weighted by Crippen LogP contribution is -2.29. The van der Waals surface area contributed by atoms with E-state index in [4.69, 9.17) is 19.3 Å². The largest absolute Gasteiger partial charge is 0.469 e. The number of aliphatic hydroxyl groups excluding tert-OH is 2. The number of phosphoric acid groups is 1. The lowest BCUT2D eigenvalue weighted by atomic mass is 9.99. The van der Waals surface area contributed by atoms with Gasteiger partial charge in [-0.05, 0) is 44.4 Å². The molecule has 0 heterocycles. The highest BCUT2D eigenvalue weighted by Gasteiger charge is 2.23. The number of ether oxygens (including phenoxy) is 2. The Morgan fingerprint density at radius 2 is 1.25 bits per heavy atom. The third-order valence-electron chi connectivity index (χ3n) is 8.58. The van der Waals surface area contributed by atoms with Gasteiger partial charge < -0.3 is 29.5 Å². The van der Waals surface area contributed by atoms with Crippen molar-refractivity contribution in [1.82, 2.24) is 0 Å². The molecule has 0 aliphatic carbocycles. The fourth-order valence-electron chi connectivity index (χ4n) is 5.19. The lowest BCUT2D eigenvalue weighted by Gasteiger charge is -2.18. The molecule has 51 heavy (non-hydrogen) atoms. The second-order valence-corrected chi connectivity index (χ2v) is 14.8. The fraction of sp³-hybridized carbons (Fsp3) is 0.750. The summed E-state index contributed by atoms with van der Waals surface area (Å²) in [5.74, 6) is -0.296. The van der Waals surface area contributed by atoms with Crippen LogP contribution in [0, 0.1) is 5.92 Å². The molecule has 0 aromatic carbocycles. The lowest BCUT2D eigenvalue weighted by molar-refractivity contribution is -0.161. The minimum atomic E-state index is -4.81. The highest BCUT2D eigenvalue weighted by molar-refractivity contribution is 7.46. The Kier molecular flexibility index (Phi) is 32.4. The zero-order valence-corrected chi connectivity index (χ0v) is 32.8. The van der Waals surface area contributed by atoms with Gasteiger partial charge in [0, 0.05) is 12.8 Å². The number of allylic oxidation sites excluding steroid dienone is 5. The first-order valence-corrected chi connectivity index (χ1v) is 21.1. The maximum atomic E-state index is 12.4. The van der Waals surface area contributed by atoms with E-state index in [1.807, 2.05) is 6.08 Å². The number of carbonyl (C=O) groups excluding carboxylic acids is 2. The molecular weight excluding hydrogens is 671 g/mol. The minimum Gasteiger partial charge on any atom is -0.462 e. The molecule has 4 N–H and O–H groups in total. The van der Waals surface area contributed by atoms with Gasteiger partial charge in [-0.1, -0.05) is 153 Å². The molecule has 0 saturated carbocycles. The van der Waals surface area contributed by atoms with Crippen LogP contribution in [0.25, 0.3) is 0 Å². The predicted molar refractivity (Wildman–Crippen MR) is 205 cm³/mol. The molecule has 0 amide bonds. The van der Waals surface area contributed by atoms with Gasteiger partial charge in [-0.25, -0.2) is 4.57 Å². The number of unbranched alkanes of at least 4 members (excludes halogenated alkanes) is 12. The van der Waals surface area contributed by atoms with E-state index in [1.54, 1.807) is 36.5 Å². The van der Waals surface area contributed by atoms with Gasteiger partial charge in [-0.2, -0.15) is 0 Å². The Morgan fingerprint density at radius 3 is 1.86 bits per heavy atom. The third-order valence-corrected chi connectivity index (χ3v) is 9.07. The molecule has 0 rings (SSSR count). The Balaban J connectivity index is 4.24. The summed E-state index contributed by atoms with van der Waals surface area (Å²) in [4.78, 5) is 42.8. The SMILES string of the molecule is CCCCC/C=C\C[C@@H](O)/C=C/C=C/C=C\[C@@H](O)CCCC(=O)OC[C@H](COP(=O)(O)O)OC(=O)CCCCCCCCCCCCC(C)CC. The molecule has 1 unspecified atom stereocenters. The summed E-state index contributed by atoms with van der Waals surface area (Å²) in [7, 11) is -4.81. The smallest absolute Gasteiger partial charge is 0.462 e. The highest BCUT2D eigenvalue weighted by atomic mass is 31.2. The van der Waals surface area contributed by atoms with E-state index < -0.39 is 51.3 Å². The molecule has 0 spiro atoms. The zero-order valence-electron chi connectivity index (χ0n) is 31.9. The average Bonchev–Trinajstić information content (AvgIpc) is 3.08. The maximum Gasteiger partial charge on any atom is 0.469 e. The minimum absolute atomic E-state index is 0.00662. The summed E-state index contributed by atoms with van der Waals surface area (Å²) in [5.41, 5.74) is 0. The standard InChI is InChI=1S/C40H71O10P/c1-4-6-7-8-16-21-27-36(41)28-22-18-19-23-29-37(42)30-25-32-39(43)48-33-38(34-49-51(45,46)47)50-40(44)31-24-17-14-12-10-9-11-13-15-20-26-35(3)5-2/h16,18-19,21-23,28-29,35-38,41-42H,4-15,17,20,24-27,30-34H2,1-3H3,(H2,45,46,47)/b19-18+,21-16-,28-22+,29-23-/t35?,36-,37-,38-/m1/s1. The van der Waals surface area contributed by atoms with Crippen LogP contribution in [-0.4, -0.2) is 63.5 Å². The molecule has 10 nitrogen and oxygen atoms in total.